The number of rotatable bonds is 6. The van der Waals surface area contributed by atoms with Crippen LogP contribution in [0.1, 0.15) is 38.8 Å². The summed E-state index contributed by atoms with van der Waals surface area (Å²) < 4.78 is 5.41. The van der Waals surface area contributed by atoms with Crippen LogP contribution < -0.4 is 15.0 Å². The molecule has 0 aliphatic carbocycles. The number of fused-ring (bicyclic) bond motifs is 6. The number of para-hydroxylation sites is 2. The zero-order valence-corrected chi connectivity index (χ0v) is 23.9. The van der Waals surface area contributed by atoms with Gasteiger partial charge in [-0.25, -0.2) is 0 Å². The second kappa shape index (κ2) is 10.0. The lowest BCUT2D eigenvalue weighted by Crippen LogP contribution is -2.51. The summed E-state index contributed by atoms with van der Waals surface area (Å²) in [6.07, 6.45) is 1.97. The maximum Gasteiger partial charge on any atom is 0.270 e. The molecule has 0 aromatic heterocycles. The van der Waals surface area contributed by atoms with Crippen molar-refractivity contribution in [2.75, 3.05) is 17.3 Å². The Kier molecular flexibility index (Phi) is 6.21. The maximum atomic E-state index is 14.9. The number of non-ortho nitro benzene ring substituents is 1. The number of methoxy groups -OCH3 is 1. The molecule has 4 aromatic rings. The Labute approximate surface area is 252 Å². The number of ether oxygens (including phenoxy) is 1. The van der Waals surface area contributed by atoms with Gasteiger partial charge in [-0.3, -0.25) is 24.5 Å². The van der Waals surface area contributed by atoms with Crippen LogP contribution in [0, 0.1) is 16.0 Å². The lowest BCUT2D eigenvalue weighted by atomic mass is 9.64. The van der Waals surface area contributed by atoms with Gasteiger partial charge in [-0.1, -0.05) is 66.7 Å². The van der Waals surface area contributed by atoms with Crippen LogP contribution in [-0.2, 0) is 10.2 Å². The van der Waals surface area contributed by atoms with Crippen LogP contribution in [0.3, 0.4) is 0 Å². The number of nitro groups is 1. The number of carbonyl (C=O) groups excluding carboxylic acids is 3. The van der Waals surface area contributed by atoms with Crippen molar-refractivity contribution in [1.82, 2.24) is 0 Å². The highest BCUT2D eigenvalue weighted by Gasteiger charge is 2.70. The van der Waals surface area contributed by atoms with Crippen molar-refractivity contribution in [2.24, 2.45) is 5.92 Å². The lowest BCUT2D eigenvalue weighted by molar-refractivity contribution is -0.384. The molecule has 1 fully saturated rings. The van der Waals surface area contributed by atoms with Crippen LogP contribution in [0.5, 0.6) is 5.75 Å². The van der Waals surface area contributed by atoms with Gasteiger partial charge in [-0.05, 0) is 42.3 Å². The number of hydrogen-bond acceptors (Lipinski definition) is 7. The Morgan fingerprint density at radius 3 is 2.39 bits per heavy atom. The van der Waals surface area contributed by atoms with Crippen LogP contribution >= 0.6 is 0 Å². The Hall–Kier alpha value is -5.57. The lowest BCUT2D eigenvalue weighted by Gasteiger charge is -2.39. The zero-order valence-electron chi connectivity index (χ0n) is 23.9. The Bertz CT molecular complexity index is 1930. The number of hydrogen-bond donors (Lipinski definition) is 1. The first-order chi connectivity index (χ1) is 21.3. The van der Waals surface area contributed by atoms with E-state index in [9.17, 15) is 24.5 Å². The highest BCUT2D eigenvalue weighted by atomic mass is 16.6. The molecular weight excluding hydrogens is 558 g/mol. The molecule has 1 amide bonds. The first-order valence-electron chi connectivity index (χ1n) is 14.2. The molecule has 7 rings (SSSR count). The number of Topliss-reactive ketones (excluding diaryl/α,β-unsaturated/α-hetero) is 2. The average Bonchev–Trinajstić information content (AvgIpc) is 3.52. The topological polar surface area (TPSA) is 119 Å². The number of carbonyl (C=O) groups is 3. The summed E-state index contributed by atoms with van der Waals surface area (Å²) in [5.41, 5.74) is 2.29. The number of benzene rings is 4. The van der Waals surface area contributed by atoms with E-state index in [0.717, 1.165) is 16.8 Å². The number of allylic oxidation sites excluding steroid dienone is 1. The van der Waals surface area contributed by atoms with E-state index >= 15 is 0 Å². The van der Waals surface area contributed by atoms with E-state index in [1.807, 2.05) is 54.3 Å². The number of nitro benzene ring substituents is 1. The van der Waals surface area contributed by atoms with Gasteiger partial charge >= 0.3 is 0 Å². The van der Waals surface area contributed by atoms with E-state index in [4.69, 9.17) is 4.74 Å². The molecule has 0 radical (unpaired) electrons. The number of amides is 1. The summed E-state index contributed by atoms with van der Waals surface area (Å²) in [4.78, 5) is 57.3. The molecule has 218 valence electrons. The van der Waals surface area contributed by atoms with Crippen molar-refractivity contribution in [2.45, 2.75) is 24.4 Å². The highest BCUT2D eigenvalue weighted by Crippen LogP contribution is 2.59. The molecule has 44 heavy (non-hydrogen) atoms. The fourth-order valence-electron chi connectivity index (χ4n) is 7.29. The number of nitrogens with zero attached hydrogens (tertiary/aromatic N) is 2. The van der Waals surface area contributed by atoms with E-state index in [1.165, 1.54) is 31.4 Å². The molecule has 1 saturated heterocycles. The molecule has 9 nitrogen and oxygen atoms in total. The third kappa shape index (κ3) is 3.75. The van der Waals surface area contributed by atoms with Crippen LogP contribution in [0.15, 0.2) is 103 Å². The molecule has 1 N–H and O–H groups in total. The third-order valence-electron chi connectivity index (χ3n) is 9.13. The van der Waals surface area contributed by atoms with Gasteiger partial charge in [-0.2, -0.15) is 0 Å². The molecule has 4 atom stereocenters. The molecule has 3 aliphatic rings. The molecule has 9 heteroatoms. The standard InChI is InChI=1S/C35H27N3O6/c1-20-17-29-35(26-14-4-5-15-27(26)36-34(35)41)30(32(39)21-9-7-11-23(18-21)38(42)43)31(37(29)28-16-6-3-13-25(20)28)33(40)22-10-8-12-24(19-22)44-2/h3-19,29-31H,1-2H3,(H,36,41)/t29-,30+,31-,35+/m0/s1. The second-order valence-electron chi connectivity index (χ2n) is 11.3. The Morgan fingerprint density at radius 1 is 0.909 bits per heavy atom. The summed E-state index contributed by atoms with van der Waals surface area (Å²) in [6, 6.07) is 25.2. The van der Waals surface area contributed by atoms with Crippen molar-refractivity contribution in [3.8, 4) is 5.75 Å². The van der Waals surface area contributed by atoms with Crippen LogP contribution in [0.4, 0.5) is 17.1 Å². The van der Waals surface area contributed by atoms with Gasteiger partial charge in [0.2, 0.25) is 5.91 Å². The summed E-state index contributed by atoms with van der Waals surface area (Å²) >= 11 is 0. The molecule has 4 aromatic carbocycles. The Balaban J connectivity index is 1.55. The van der Waals surface area contributed by atoms with Crippen molar-refractivity contribution in [3.63, 3.8) is 0 Å². The molecule has 0 saturated carbocycles. The third-order valence-corrected chi connectivity index (χ3v) is 9.13. The smallest absolute Gasteiger partial charge is 0.270 e. The predicted octanol–water partition coefficient (Wildman–Crippen LogP) is 5.85. The highest BCUT2D eigenvalue weighted by molar-refractivity contribution is 6.18. The van der Waals surface area contributed by atoms with Crippen molar-refractivity contribution in [1.29, 1.82) is 0 Å². The molecule has 0 bridgehead atoms. The summed E-state index contributed by atoms with van der Waals surface area (Å²) in [5.74, 6) is -2.07. The minimum absolute atomic E-state index is 0.0537. The van der Waals surface area contributed by atoms with Crippen molar-refractivity contribution < 1.29 is 24.0 Å². The number of nitrogens with one attached hydrogen (secondary N) is 1. The van der Waals surface area contributed by atoms with Crippen LogP contribution in [-0.4, -0.2) is 41.6 Å². The fraction of sp³-hybridized carbons (Fsp3) is 0.171. The fourth-order valence-corrected chi connectivity index (χ4v) is 7.29. The van der Waals surface area contributed by atoms with Crippen LogP contribution in [0.25, 0.3) is 5.57 Å². The van der Waals surface area contributed by atoms with Gasteiger partial charge in [0, 0.05) is 40.2 Å². The Morgan fingerprint density at radius 2 is 1.61 bits per heavy atom. The van der Waals surface area contributed by atoms with Gasteiger partial charge in [0.1, 0.15) is 17.2 Å². The monoisotopic (exact) mass is 585 g/mol. The maximum absolute atomic E-state index is 14.9. The summed E-state index contributed by atoms with van der Waals surface area (Å²) in [5, 5.41) is 14.7. The number of anilines is 2. The van der Waals surface area contributed by atoms with Crippen molar-refractivity contribution >= 4 is 40.1 Å². The van der Waals surface area contributed by atoms with E-state index < -0.39 is 40.0 Å². The van der Waals surface area contributed by atoms with E-state index in [0.29, 0.717) is 22.6 Å². The van der Waals surface area contributed by atoms with E-state index in [-0.39, 0.29) is 17.0 Å². The zero-order chi connectivity index (χ0) is 30.7. The quantitative estimate of drug-likeness (QED) is 0.171. The summed E-state index contributed by atoms with van der Waals surface area (Å²) in [6.45, 7) is 1.96. The second-order valence-corrected chi connectivity index (χ2v) is 11.3. The van der Waals surface area contributed by atoms with E-state index in [2.05, 4.69) is 5.32 Å². The predicted molar refractivity (Wildman–Crippen MR) is 165 cm³/mol. The van der Waals surface area contributed by atoms with Gasteiger partial charge in [0.15, 0.2) is 11.6 Å². The van der Waals surface area contributed by atoms with Gasteiger partial charge < -0.3 is 15.0 Å². The van der Waals surface area contributed by atoms with E-state index in [1.54, 1.807) is 36.4 Å². The van der Waals surface area contributed by atoms with Crippen molar-refractivity contribution in [3.05, 3.63) is 136 Å². The molecule has 3 heterocycles. The molecule has 1 spiro atoms. The minimum Gasteiger partial charge on any atom is -0.497 e. The molecule has 3 aliphatic heterocycles. The van der Waals surface area contributed by atoms with Gasteiger partial charge in [0.25, 0.3) is 5.69 Å². The average molecular weight is 586 g/mol. The minimum atomic E-state index is -1.52. The SMILES string of the molecule is COc1cccc(C(=O)[C@@H]2[C@H](C(=O)c3cccc([N+](=O)[O-])c3)[C@]3(C(=O)Nc4ccccc43)[C@@H]3C=C(C)c4ccccc4N23)c1. The first-order valence-corrected chi connectivity index (χ1v) is 14.2. The largest absolute Gasteiger partial charge is 0.497 e. The van der Waals surface area contributed by atoms with Crippen LogP contribution in [0.2, 0.25) is 0 Å². The molecular formula is C35H27N3O6. The van der Waals surface area contributed by atoms with Gasteiger partial charge in [-0.15, -0.1) is 0 Å². The molecule has 0 unspecified atom stereocenters. The number of ketones is 2. The summed E-state index contributed by atoms with van der Waals surface area (Å²) in [7, 11) is 1.51. The normalized spacial score (nSPS) is 22.9. The van der Waals surface area contributed by atoms with Gasteiger partial charge in [0.05, 0.1) is 24.0 Å². The first kappa shape index (κ1) is 27.3.